The van der Waals surface area contributed by atoms with Crippen LogP contribution in [-0.4, -0.2) is 24.6 Å². The van der Waals surface area contributed by atoms with E-state index in [4.69, 9.17) is 0 Å². The molecule has 0 radical (unpaired) electrons. The highest BCUT2D eigenvalue weighted by Gasteiger charge is 2.35. The van der Waals surface area contributed by atoms with E-state index in [1.807, 2.05) is 61.7 Å². The van der Waals surface area contributed by atoms with Crippen molar-refractivity contribution >= 4 is 35.0 Å². The van der Waals surface area contributed by atoms with Crippen LogP contribution in [0.15, 0.2) is 53.4 Å². The highest BCUT2D eigenvalue weighted by atomic mass is 32.2. The van der Waals surface area contributed by atoms with Crippen molar-refractivity contribution in [3.05, 3.63) is 54.1 Å². The molecule has 1 N–H and O–H groups in total. The van der Waals surface area contributed by atoms with Gasteiger partial charge in [0.05, 0.1) is 5.92 Å². The van der Waals surface area contributed by atoms with Gasteiger partial charge in [-0.25, -0.2) is 0 Å². The van der Waals surface area contributed by atoms with Crippen LogP contribution in [0.2, 0.25) is 0 Å². The molecule has 1 heterocycles. The molecule has 1 saturated heterocycles. The van der Waals surface area contributed by atoms with E-state index in [9.17, 15) is 9.59 Å². The summed E-state index contributed by atoms with van der Waals surface area (Å²) in [6.45, 7) is 2.44. The number of hydrogen-bond donors (Lipinski definition) is 1. The number of amides is 2. The Hall–Kier alpha value is -2.27. The van der Waals surface area contributed by atoms with Gasteiger partial charge in [0.2, 0.25) is 11.8 Å². The Morgan fingerprint density at radius 3 is 2.67 bits per heavy atom. The summed E-state index contributed by atoms with van der Waals surface area (Å²) in [5.41, 5.74) is 2.77. The molecule has 2 aromatic rings. The summed E-state index contributed by atoms with van der Waals surface area (Å²) < 4.78 is 0. The van der Waals surface area contributed by atoms with E-state index in [0.29, 0.717) is 6.54 Å². The fraction of sp³-hybridized carbons (Fsp3) is 0.263. The predicted octanol–water partition coefficient (Wildman–Crippen LogP) is 3.71. The van der Waals surface area contributed by atoms with Gasteiger partial charge in [-0.3, -0.25) is 9.59 Å². The molecule has 0 aliphatic carbocycles. The number of anilines is 2. The molecule has 0 spiro atoms. The maximum Gasteiger partial charge on any atom is 0.229 e. The van der Waals surface area contributed by atoms with Gasteiger partial charge >= 0.3 is 0 Å². The molecule has 1 fully saturated rings. The van der Waals surface area contributed by atoms with Gasteiger partial charge in [-0.15, -0.1) is 11.8 Å². The number of aryl methyl sites for hydroxylation is 1. The van der Waals surface area contributed by atoms with Crippen LogP contribution >= 0.6 is 11.8 Å². The Morgan fingerprint density at radius 2 is 1.96 bits per heavy atom. The Kier molecular flexibility index (Phi) is 4.90. The molecule has 2 aromatic carbocycles. The molecular formula is C19H20N2O2S. The lowest BCUT2D eigenvalue weighted by atomic mass is 10.1. The Balaban J connectivity index is 1.68. The molecular weight excluding hydrogens is 320 g/mol. The fourth-order valence-electron chi connectivity index (χ4n) is 2.80. The average molecular weight is 340 g/mol. The zero-order valence-electron chi connectivity index (χ0n) is 13.8. The van der Waals surface area contributed by atoms with Crippen molar-refractivity contribution in [1.29, 1.82) is 0 Å². The zero-order chi connectivity index (χ0) is 17.1. The summed E-state index contributed by atoms with van der Waals surface area (Å²) in [6, 6.07) is 15.5. The van der Waals surface area contributed by atoms with E-state index in [2.05, 4.69) is 5.32 Å². The first-order valence-electron chi connectivity index (χ1n) is 7.89. The van der Waals surface area contributed by atoms with E-state index in [1.165, 1.54) is 0 Å². The first kappa shape index (κ1) is 16.6. The SMILES string of the molecule is CSc1cccc(NC(=O)C2CC(=O)N(c3ccc(C)cc3)C2)c1. The number of nitrogens with one attached hydrogen (secondary N) is 1. The minimum Gasteiger partial charge on any atom is -0.326 e. The molecule has 1 aliphatic rings. The standard InChI is InChI=1S/C19H20N2O2S/c1-13-6-8-16(9-7-13)21-12-14(10-18(21)22)19(23)20-15-4-3-5-17(11-15)24-2/h3-9,11,14H,10,12H2,1-2H3,(H,20,23). The number of nitrogens with zero attached hydrogens (tertiary/aromatic N) is 1. The van der Waals surface area contributed by atoms with Crippen LogP contribution in [0, 0.1) is 12.8 Å². The molecule has 5 heteroatoms. The van der Waals surface area contributed by atoms with Crippen molar-refractivity contribution in [2.24, 2.45) is 5.92 Å². The van der Waals surface area contributed by atoms with Gasteiger partial charge in [-0.2, -0.15) is 0 Å². The smallest absolute Gasteiger partial charge is 0.229 e. The summed E-state index contributed by atoms with van der Waals surface area (Å²) in [4.78, 5) is 27.6. The number of hydrogen-bond acceptors (Lipinski definition) is 3. The van der Waals surface area contributed by atoms with Crippen LogP contribution in [0.5, 0.6) is 0 Å². The third-order valence-corrected chi connectivity index (χ3v) is 4.90. The second-order valence-corrected chi connectivity index (χ2v) is 6.84. The molecule has 3 rings (SSSR count). The number of carbonyl (C=O) groups excluding carboxylic acids is 2. The monoisotopic (exact) mass is 340 g/mol. The highest BCUT2D eigenvalue weighted by molar-refractivity contribution is 7.98. The van der Waals surface area contributed by atoms with E-state index < -0.39 is 0 Å². The third-order valence-electron chi connectivity index (χ3n) is 4.18. The van der Waals surface area contributed by atoms with Crippen molar-refractivity contribution in [3.8, 4) is 0 Å². The third kappa shape index (κ3) is 3.62. The average Bonchev–Trinajstić information content (AvgIpc) is 2.98. The lowest BCUT2D eigenvalue weighted by Crippen LogP contribution is -2.28. The van der Waals surface area contributed by atoms with Crippen LogP contribution in [0.25, 0.3) is 0 Å². The second-order valence-electron chi connectivity index (χ2n) is 5.96. The molecule has 24 heavy (non-hydrogen) atoms. The minimum atomic E-state index is -0.322. The Bertz CT molecular complexity index is 758. The van der Waals surface area contributed by atoms with Crippen molar-refractivity contribution in [2.75, 3.05) is 23.0 Å². The van der Waals surface area contributed by atoms with E-state index in [1.54, 1.807) is 16.7 Å². The maximum absolute atomic E-state index is 12.5. The lowest BCUT2D eigenvalue weighted by Gasteiger charge is -2.17. The summed E-state index contributed by atoms with van der Waals surface area (Å²) in [6.07, 6.45) is 2.25. The first-order chi connectivity index (χ1) is 11.6. The molecule has 1 unspecified atom stereocenters. The molecule has 1 aliphatic heterocycles. The summed E-state index contributed by atoms with van der Waals surface area (Å²) in [5.74, 6) is -0.426. The van der Waals surface area contributed by atoms with E-state index >= 15 is 0 Å². The number of benzene rings is 2. The largest absolute Gasteiger partial charge is 0.326 e. The van der Waals surface area contributed by atoms with Gasteiger partial charge in [0.15, 0.2) is 0 Å². The highest BCUT2D eigenvalue weighted by Crippen LogP contribution is 2.27. The van der Waals surface area contributed by atoms with Crippen molar-refractivity contribution in [3.63, 3.8) is 0 Å². The van der Waals surface area contributed by atoms with Gasteiger partial charge in [-0.05, 0) is 43.5 Å². The number of carbonyl (C=O) groups is 2. The Labute approximate surface area is 146 Å². The summed E-state index contributed by atoms with van der Waals surface area (Å²) in [7, 11) is 0. The summed E-state index contributed by atoms with van der Waals surface area (Å²) in [5, 5.41) is 2.93. The quantitative estimate of drug-likeness (QED) is 0.863. The Morgan fingerprint density at radius 1 is 1.21 bits per heavy atom. The van der Waals surface area contributed by atoms with E-state index in [-0.39, 0.29) is 24.2 Å². The van der Waals surface area contributed by atoms with Crippen LogP contribution in [0.1, 0.15) is 12.0 Å². The van der Waals surface area contributed by atoms with Gasteiger partial charge in [-0.1, -0.05) is 23.8 Å². The molecule has 124 valence electrons. The molecule has 1 atom stereocenters. The number of thioether (sulfide) groups is 1. The van der Waals surface area contributed by atoms with Gasteiger partial charge in [0.25, 0.3) is 0 Å². The van der Waals surface area contributed by atoms with Crippen LogP contribution < -0.4 is 10.2 Å². The van der Waals surface area contributed by atoms with Gasteiger partial charge in [0.1, 0.15) is 0 Å². The number of rotatable bonds is 4. The van der Waals surface area contributed by atoms with Crippen LogP contribution in [0.4, 0.5) is 11.4 Å². The van der Waals surface area contributed by atoms with Crippen molar-refractivity contribution in [2.45, 2.75) is 18.2 Å². The molecule has 0 aromatic heterocycles. The van der Waals surface area contributed by atoms with Gasteiger partial charge in [0, 0.05) is 29.2 Å². The summed E-state index contributed by atoms with van der Waals surface area (Å²) >= 11 is 1.63. The van der Waals surface area contributed by atoms with Gasteiger partial charge < -0.3 is 10.2 Å². The zero-order valence-corrected chi connectivity index (χ0v) is 14.6. The molecule has 0 saturated carbocycles. The maximum atomic E-state index is 12.5. The second kappa shape index (κ2) is 7.09. The van der Waals surface area contributed by atoms with E-state index in [0.717, 1.165) is 21.8 Å². The van der Waals surface area contributed by atoms with Crippen molar-refractivity contribution in [1.82, 2.24) is 0 Å². The van der Waals surface area contributed by atoms with Crippen LogP contribution in [0.3, 0.4) is 0 Å². The molecule has 0 bridgehead atoms. The fourth-order valence-corrected chi connectivity index (χ4v) is 3.26. The minimum absolute atomic E-state index is 0.00290. The topological polar surface area (TPSA) is 49.4 Å². The predicted molar refractivity (Wildman–Crippen MR) is 98.5 cm³/mol. The molecule has 2 amide bonds. The van der Waals surface area contributed by atoms with Crippen molar-refractivity contribution < 1.29 is 9.59 Å². The lowest BCUT2D eigenvalue weighted by molar-refractivity contribution is -0.122. The molecule has 4 nitrogen and oxygen atoms in total. The van der Waals surface area contributed by atoms with Crippen LogP contribution in [-0.2, 0) is 9.59 Å². The first-order valence-corrected chi connectivity index (χ1v) is 9.11. The normalized spacial score (nSPS) is 17.2.